The smallest absolute Gasteiger partial charge is 0.322 e. The number of carbonyl (C=O) groups is 2. The molecule has 0 spiro atoms. The zero-order valence-electron chi connectivity index (χ0n) is 21.1. The number of hydrogen-bond acceptors (Lipinski definition) is 8. The van der Waals surface area contributed by atoms with Gasteiger partial charge < -0.3 is 10.8 Å². The highest BCUT2D eigenvalue weighted by Gasteiger charge is 2.46. The van der Waals surface area contributed by atoms with Gasteiger partial charge in [-0.2, -0.15) is 21.7 Å². The number of nitrogens with zero attached hydrogens (tertiary/aromatic N) is 5. The molecule has 1 fully saturated rings. The van der Waals surface area contributed by atoms with Gasteiger partial charge in [-0.25, -0.2) is 4.98 Å². The van der Waals surface area contributed by atoms with Crippen LogP contribution in [0.2, 0.25) is 0 Å². The first-order valence-corrected chi connectivity index (χ1v) is 14.4. The second-order valence-corrected chi connectivity index (χ2v) is 12.1. The summed E-state index contributed by atoms with van der Waals surface area (Å²) in [6.07, 6.45) is 0.795. The molecule has 0 amide bonds. The number of thioether (sulfide) groups is 1. The lowest BCUT2D eigenvalue weighted by Crippen LogP contribution is -2.54. The zero-order valence-corrected chi connectivity index (χ0v) is 22.7. The Balaban J connectivity index is 1.71. The van der Waals surface area contributed by atoms with Crippen molar-refractivity contribution in [1.82, 2.24) is 23.4 Å². The van der Waals surface area contributed by atoms with Gasteiger partial charge in [0.15, 0.2) is 11.0 Å². The molecule has 2 atom stereocenters. The summed E-state index contributed by atoms with van der Waals surface area (Å²) >= 11 is 1.29. The van der Waals surface area contributed by atoms with Gasteiger partial charge >= 0.3 is 5.97 Å². The number of aromatic nitrogens is 3. The van der Waals surface area contributed by atoms with E-state index >= 15 is 0 Å². The average Bonchev–Trinajstić information content (AvgIpc) is 3.35. The Kier molecular flexibility index (Phi) is 8.63. The summed E-state index contributed by atoms with van der Waals surface area (Å²) in [5.74, 6) is -1.92. The number of rotatable bonds is 9. The average molecular weight is 559 g/mol. The van der Waals surface area contributed by atoms with Crippen LogP contribution in [0.25, 0.3) is 0 Å². The molecule has 0 aliphatic carbocycles. The Hall–Kier alpha value is -3.10. The summed E-state index contributed by atoms with van der Waals surface area (Å²) in [5.41, 5.74) is 8.06. The van der Waals surface area contributed by atoms with Crippen LogP contribution in [0, 0.1) is 0 Å². The molecule has 0 saturated carbocycles. The maximum absolute atomic E-state index is 13.4. The van der Waals surface area contributed by atoms with Crippen LogP contribution in [0.1, 0.15) is 46.1 Å². The van der Waals surface area contributed by atoms with Gasteiger partial charge in [0.05, 0.1) is 0 Å². The Labute approximate surface area is 225 Å². The van der Waals surface area contributed by atoms with E-state index in [0.717, 1.165) is 19.7 Å². The van der Waals surface area contributed by atoms with E-state index in [9.17, 15) is 23.1 Å². The van der Waals surface area contributed by atoms with Crippen LogP contribution in [-0.2, 0) is 27.3 Å². The number of benzene rings is 2. The molecule has 1 aliphatic heterocycles. The van der Waals surface area contributed by atoms with E-state index in [-0.39, 0.29) is 12.4 Å². The summed E-state index contributed by atoms with van der Waals surface area (Å²) < 4.78 is 29.0. The first-order valence-electron chi connectivity index (χ1n) is 12.0. The first-order chi connectivity index (χ1) is 18.1. The summed E-state index contributed by atoms with van der Waals surface area (Å²) in [7, 11) is -1.29. The highest BCUT2D eigenvalue weighted by atomic mass is 32.2. The molecule has 0 radical (unpaired) electrons. The fourth-order valence-corrected chi connectivity index (χ4v) is 6.51. The molecule has 2 heterocycles. The minimum Gasteiger partial charge on any atom is -0.480 e. The van der Waals surface area contributed by atoms with E-state index in [2.05, 4.69) is 10.1 Å². The number of hydrogen-bond donors (Lipinski definition) is 2. The van der Waals surface area contributed by atoms with E-state index < -0.39 is 34.0 Å². The van der Waals surface area contributed by atoms with Gasteiger partial charge in [0.25, 0.3) is 16.1 Å². The van der Waals surface area contributed by atoms with Crippen LogP contribution in [-0.4, -0.2) is 75.5 Å². The fraction of sp³-hybridized carbons (Fsp3) is 0.360. The maximum atomic E-state index is 13.4. The topological polar surface area (TPSA) is 152 Å². The minimum absolute atomic E-state index is 0.0675. The van der Waals surface area contributed by atoms with Crippen molar-refractivity contribution in [2.45, 2.75) is 42.3 Å². The van der Waals surface area contributed by atoms with Crippen molar-refractivity contribution in [1.29, 1.82) is 0 Å². The molecule has 38 heavy (non-hydrogen) atoms. The third-order valence-corrected chi connectivity index (χ3v) is 9.29. The first kappa shape index (κ1) is 27.9. The van der Waals surface area contributed by atoms with Gasteiger partial charge in [-0.3, -0.25) is 9.59 Å². The summed E-state index contributed by atoms with van der Waals surface area (Å²) in [4.78, 5) is 30.3. The van der Waals surface area contributed by atoms with Gasteiger partial charge in [0, 0.05) is 44.4 Å². The lowest BCUT2D eigenvalue weighted by Gasteiger charge is -2.37. The number of carboxylic acid groups (broad SMARTS) is 1. The number of piperidine rings is 1. The van der Waals surface area contributed by atoms with Crippen molar-refractivity contribution >= 4 is 33.8 Å². The summed E-state index contributed by atoms with van der Waals surface area (Å²) in [5, 5.41) is 14.8. The van der Waals surface area contributed by atoms with E-state index in [0.29, 0.717) is 35.9 Å². The van der Waals surface area contributed by atoms with Crippen LogP contribution >= 0.6 is 11.8 Å². The lowest BCUT2D eigenvalue weighted by atomic mass is 9.90. The van der Waals surface area contributed by atoms with Crippen molar-refractivity contribution in [3.63, 3.8) is 0 Å². The molecule has 202 valence electrons. The summed E-state index contributed by atoms with van der Waals surface area (Å²) in [6.45, 7) is 0.501. The molecule has 0 bridgehead atoms. The second kappa shape index (κ2) is 11.7. The van der Waals surface area contributed by atoms with Crippen LogP contribution in [0.5, 0.6) is 0 Å². The second-order valence-electron chi connectivity index (χ2n) is 9.08. The molecular formula is C25H30N6O5S2. The van der Waals surface area contributed by atoms with Gasteiger partial charge in [0.1, 0.15) is 6.04 Å². The Morgan fingerprint density at radius 1 is 1.11 bits per heavy atom. The predicted molar refractivity (Wildman–Crippen MR) is 143 cm³/mol. The third kappa shape index (κ3) is 5.81. The monoisotopic (exact) mass is 558 g/mol. The van der Waals surface area contributed by atoms with E-state index in [1.54, 1.807) is 30.3 Å². The van der Waals surface area contributed by atoms with Crippen molar-refractivity contribution in [2.24, 2.45) is 5.73 Å². The van der Waals surface area contributed by atoms with E-state index in [4.69, 9.17) is 5.73 Å². The molecule has 2 unspecified atom stereocenters. The standard InChI is InChI=1S/C25H30N6O5S2/c1-29(2)38(35,36)30-14-6-9-20(21(30)24(33)34)22-27-25(37-16-18-12-10-17(15-26)11-13-18)31(28-22)23(32)19-7-4-3-5-8-19/h3-5,7-8,10-13,20-21H,6,9,14-16,26H2,1-2H3,(H,33,34). The predicted octanol–water partition coefficient (Wildman–Crippen LogP) is 2.16. The number of carbonyl (C=O) groups excluding carboxylic acids is 1. The van der Waals surface area contributed by atoms with Crippen LogP contribution in [0.4, 0.5) is 0 Å². The van der Waals surface area contributed by atoms with Crippen LogP contribution in [0.15, 0.2) is 59.8 Å². The molecule has 13 heteroatoms. The van der Waals surface area contributed by atoms with Crippen molar-refractivity contribution in [3.8, 4) is 0 Å². The molecule has 3 aromatic rings. The third-order valence-electron chi connectivity index (χ3n) is 6.36. The van der Waals surface area contributed by atoms with Crippen LogP contribution < -0.4 is 5.73 Å². The molecule has 1 aromatic heterocycles. The van der Waals surface area contributed by atoms with Gasteiger partial charge in [-0.05, 0) is 36.1 Å². The molecular weight excluding hydrogens is 528 g/mol. The van der Waals surface area contributed by atoms with Gasteiger partial charge in [-0.1, -0.05) is 54.2 Å². The molecule has 1 aliphatic rings. The Bertz CT molecular complexity index is 1390. The van der Waals surface area contributed by atoms with Gasteiger partial charge in [-0.15, -0.1) is 5.10 Å². The maximum Gasteiger partial charge on any atom is 0.322 e. The van der Waals surface area contributed by atoms with Gasteiger partial charge in [0.2, 0.25) is 0 Å². The SMILES string of the molecule is CN(C)S(=O)(=O)N1CCCC(c2nc(SCc3ccc(CN)cc3)n(C(=O)c3ccccc3)n2)C1C(=O)O. The molecule has 1 saturated heterocycles. The molecule has 11 nitrogen and oxygen atoms in total. The Morgan fingerprint density at radius 2 is 1.76 bits per heavy atom. The van der Waals surface area contributed by atoms with Crippen LogP contribution in [0.3, 0.4) is 0 Å². The van der Waals surface area contributed by atoms with E-state index in [1.165, 1.54) is 30.5 Å². The highest BCUT2D eigenvalue weighted by Crippen LogP contribution is 2.35. The largest absolute Gasteiger partial charge is 0.480 e. The van der Waals surface area contributed by atoms with Crippen molar-refractivity contribution in [2.75, 3.05) is 20.6 Å². The molecule has 3 N–H and O–H groups in total. The lowest BCUT2D eigenvalue weighted by molar-refractivity contribution is -0.143. The zero-order chi connectivity index (χ0) is 27.4. The highest BCUT2D eigenvalue weighted by molar-refractivity contribution is 7.98. The summed E-state index contributed by atoms with van der Waals surface area (Å²) in [6, 6.07) is 14.9. The van der Waals surface area contributed by atoms with Crippen molar-refractivity contribution < 1.29 is 23.1 Å². The minimum atomic E-state index is -4.01. The molecule has 4 rings (SSSR count). The van der Waals surface area contributed by atoms with Crippen molar-refractivity contribution in [3.05, 3.63) is 77.1 Å². The quantitative estimate of drug-likeness (QED) is 0.376. The number of carboxylic acids is 1. The fourth-order valence-electron chi connectivity index (χ4n) is 4.32. The Morgan fingerprint density at radius 3 is 2.37 bits per heavy atom. The van der Waals surface area contributed by atoms with E-state index in [1.807, 2.05) is 24.3 Å². The number of aliphatic carboxylic acids is 1. The normalized spacial score (nSPS) is 18.5. The number of nitrogens with two attached hydrogens (primary N) is 1. The molecule has 2 aromatic carbocycles.